The molecule has 1 amide bonds. The molecule has 0 saturated heterocycles. The molecule has 0 spiro atoms. The van der Waals surface area contributed by atoms with E-state index in [9.17, 15) is 18.0 Å². The summed E-state index contributed by atoms with van der Waals surface area (Å²) in [4.78, 5) is 17.1. The Hall–Kier alpha value is -3.07. The van der Waals surface area contributed by atoms with Gasteiger partial charge in [-0.25, -0.2) is 4.98 Å². The number of carbonyl (C=O) groups is 1. The highest BCUT2D eigenvalue weighted by atomic mass is 32.1. The molecule has 3 aromatic heterocycles. The van der Waals surface area contributed by atoms with Gasteiger partial charge in [-0.2, -0.15) is 13.2 Å². The minimum Gasteiger partial charge on any atom is -0.368 e. The van der Waals surface area contributed by atoms with Crippen molar-refractivity contribution in [3.8, 4) is 0 Å². The molecule has 1 saturated carbocycles. The lowest BCUT2D eigenvalue weighted by Gasteiger charge is -2.30. The van der Waals surface area contributed by atoms with E-state index in [1.165, 1.54) is 15.7 Å². The van der Waals surface area contributed by atoms with Crippen molar-refractivity contribution in [2.45, 2.75) is 43.9 Å². The van der Waals surface area contributed by atoms with Crippen LogP contribution in [0.1, 0.15) is 41.0 Å². The molecule has 3 heterocycles. The van der Waals surface area contributed by atoms with Gasteiger partial charge in [-0.3, -0.25) is 9.20 Å². The molecule has 2 N–H and O–H groups in total. The van der Waals surface area contributed by atoms with Crippen molar-refractivity contribution in [3.63, 3.8) is 0 Å². The Balaban J connectivity index is 1.21. The van der Waals surface area contributed by atoms with E-state index >= 15 is 0 Å². The van der Waals surface area contributed by atoms with Crippen LogP contribution in [-0.4, -0.2) is 27.4 Å². The Labute approximate surface area is 186 Å². The Morgan fingerprint density at radius 3 is 2.53 bits per heavy atom. The monoisotopic (exact) mass is 458 g/mol. The van der Waals surface area contributed by atoms with Gasteiger partial charge in [0.15, 0.2) is 5.69 Å². The summed E-state index contributed by atoms with van der Waals surface area (Å²) >= 11 is 1.49. The number of aromatic nitrogens is 2. The molecule has 0 aliphatic heterocycles. The number of hydrogen-bond donors (Lipinski definition) is 2. The van der Waals surface area contributed by atoms with Crippen molar-refractivity contribution in [2.24, 2.45) is 0 Å². The summed E-state index contributed by atoms with van der Waals surface area (Å²) in [6.07, 6.45) is -0.213. The average Bonchev–Trinajstić information content (AvgIpc) is 3.40. The maximum Gasteiger partial charge on any atom is 0.434 e. The van der Waals surface area contributed by atoms with E-state index in [0.717, 1.165) is 42.0 Å². The summed E-state index contributed by atoms with van der Waals surface area (Å²) < 4.78 is 41.6. The summed E-state index contributed by atoms with van der Waals surface area (Å²) in [6.45, 7) is 0. The van der Waals surface area contributed by atoms with Crippen molar-refractivity contribution in [2.75, 3.05) is 5.32 Å². The topological polar surface area (TPSA) is 58.4 Å². The van der Waals surface area contributed by atoms with Gasteiger partial charge in [-0.15, -0.1) is 11.3 Å². The number of alkyl halides is 3. The molecule has 0 atom stereocenters. The smallest absolute Gasteiger partial charge is 0.368 e. The number of nitrogens with one attached hydrogen (secondary N) is 2. The minimum atomic E-state index is -4.48. The first-order valence-corrected chi connectivity index (χ1v) is 11.3. The molecule has 0 radical (unpaired) electrons. The van der Waals surface area contributed by atoms with E-state index in [1.807, 2.05) is 30.3 Å². The second-order valence-corrected chi connectivity index (χ2v) is 9.16. The van der Waals surface area contributed by atoms with Gasteiger partial charge in [-0.05, 0) is 55.3 Å². The average molecular weight is 459 g/mol. The highest BCUT2D eigenvalue weighted by Crippen LogP contribution is 2.30. The quantitative estimate of drug-likeness (QED) is 0.411. The Morgan fingerprint density at radius 1 is 1.03 bits per heavy atom. The van der Waals surface area contributed by atoms with Gasteiger partial charge in [0.05, 0.1) is 4.88 Å². The molecule has 1 fully saturated rings. The number of rotatable bonds is 4. The van der Waals surface area contributed by atoms with E-state index in [4.69, 9.17) is 0 Å². The minimum absolute atomic E-state index is 0.0505. The second kappa shape index (κ2) is 8.12. The van der Waals surface area contributed by atoms with Crippen LogP contribution in [0.3, 0.4) is 0 Å². The van der Waals surface area contributed by atoms with Crippen molar-refractivity contribution < 1.29 is 18.0 Å². The molecule has 0 unspecified atom stereocenters. The normalized spacial score (nSPS) is 19.3. The van der Waals surface area contributed by atoms with Crippen LogP contribution >= 0.6 is 11.3 Å². The van der Waals surface area contributed by atoms with Gasteiger partial charge in [0.25, 0.3) is 5.91 Å². The van der Waals surface area contributed by atoms with Crippen LogP contribution in [-0.2, 0) is 6.18 Å². The first-order valence-electron chi connectivity index (χ1n) is 10.5. The van der Waals surface area contributed by atoms with Crippen LogP contribution in [0.5, 0.6) is 0 Å². The third-order valence-electron chi connectivity index (χ3n) is 5.85. The maximum atomic E-state index is 13.0. The fourth-order valence-corrected chi connectivity index (χ4v) is 5.17. The summed E-state index contributed by atoms with van der Waals surface area (Å²) in [5, 5.41) is 7.56. The number of pyridine rings is 1. The predicted octanol–water partition coefficient (Wildman–Crippen LogP) is 5.72. The SMILES string of the molecule is O=C(NC1CCC(Nc2cccc3nc(C(F)(F)F)cn23)CC1)c1cc2ccccc2s1. The van der Waals surface area contributed by atoms with E-state index in [-0.39, 0.29) is 23.6 Å². The van der Waals surface area contributed by atoms with E-state index in [0.29, 0.717) is 10.7 Å². The second-order valence-electron chi connectivity index (χ2n) is 8.08. The summed E-state index contributed by atoms with van der Waals surface area (Å²) in [6, 6.07) is 15.1. The summed E-state index contributed by atoms with van der Waals surface area (Å²) in [7, 11) is 0. The maximum absolute atomic E-state index is 13.0. The number of carbonyl (C=O) groups excluding carboxylic acids is 1. The first kappa shape index (κ1) is 20.8. The van der Waals surface area contributed by atoms with Gasteiger partial charge in [0.2, 0.25) is 0 Å². The molecule has 166 valence electrons. The largest absolute Gasteiger partial charge is 0.434 e. The van der Waals surface area contributed by atoms with Crippen molar-refractivity contribution >= 4 is 38.8 Å². The molecule has 1 aromatic carbocycles. The Kier molecular flexibility index (Phi) is 5.28. The molecule has 32 heavy (non-hydrogen) atoms. The zero-order chi connectivity index (χ0) is 22.3. The molecule has 9 heteroatoms. The highest BCUT2D eigenvalue weighted by molar-refractivity contribution is 7.20. The van der Waals surface area contributed by atoms with Crippen LogP contribution in [0, 0.1) is 0 Å². The van der Waals surface area contributed by atoms with Crippen LogP contribution in [0.2, 0.25) is 0 Å². The Bertz CT molecular complexity index is 1240. The third kappa shape index (κ3) is 4.17. The number of hydrogen-bond acceptors (Lipinski definition) is 4. The molecule has 0 bridgehead atoms. The molecule has 4 aromatic rings. The van der Waals surface area contributed by atoms with Crippen molar-refractivity contribution in [1.82, 2.24) is 14.7 Å². The lowest BCUT2D eigenvalue weighted by molar-refractivity contribution is -0.140. The molecule has 1 aliphatic rings. The van der Waals surface area contributed by atoms with Gasteiger partial charge in [0, 0.05) is 23.0 Å². The van der Waals surface area contributed by atoms with Crippen LogP contribution in [0.25, 0.3) is 15.7 Å². The van der Waals surface area contributed by atoms with E-state index < -0.39 is 11.9 Å². The number of benzene rings is 1. The van der Waals surface area contributed by atoms with Gasteiger partial charge >= 0.3 is 6.18 Å². The number of halogens is 3. The number of nitrogens with zero attached hydrogens (tertiary/aromatic N) is 2. The van der Waals surface area contributed by atoms with Gasteiger partial charge in [-0.1, -0.05) is 24.3 Å². The van der Waals surface area contributed by atoms with Gasteiger partial charge in [0.1, 0.15) is 11.5 Å². The Morgan fingerprint density at radius 2 is 1.78 bits per heavy atom. The molecule has 5 nitrogen and oxygen atoms in total. The molecule has 1 aliphatic carbocycles. The van der Waals surface area contributed by atoms with Crippen molar-refractivity contribution in [1.29, 1.82) is 0 Å². The predicted molar refractivity (Wildman–Crippen MR) is 119 cm³/mol. The number of thiophene rings is 1. The standard InChI is InChI=1S/C23H21F3N4OS/c24-23(25,26)19-13-30-20(6-3-7-21(30)29-19)27-15-8-10-16(11-9-15)28-22(31)18-12-14-4-1-2-5-17(14)32-18/h1-7,12-13,15-16,27H,8-11H2,(H,28,31). The zero-order valence-electron chi connectivity index (χ0n) is 17.0. The zero-order valence-corrected chi connectivity index (χ0v) is 17.8. The summed E-state index contributed by atoms with van der Waals surface area (Å²) in [5.41, 5.74) is -0.647. The van der Waals surface area contributed by atoms with Crippen LogP contribution in [0.15, 0.2) is 54.7 Å². The van der Waals surface area contributed by atoms with Crippen LogP contribution < -0.4 is 10.6 Å². The fraction of sp³-hybridized carbons (Fsp3) is 0.304. The molecular weight excluding hydrogens is 437 g/mol. The van der Waals surface area contributed by atoms with Gasteiger partial charge < -0.3 is 10.6 Å². The first-order chi connectivity index (χ1) is 15.4. The van der Waals surface area contributed by atoms with Crippen molar-refractivity contribution in [3.05, 3.63) is 65.3 Å². The van der Waals surface area contributed by atoms with E-state index in [2.05, 4.69) is 15.6 Å². The highest BCUT2D eigenvalue weighted by Gasteiger charge is 2.34. The van der Waals surface area contributed by atoms with E-state index in [1.54, 1.807) is 18.2 Å². The van der Waals surface area contributed by atoms with Crippen LogP contribution in [0.4, 0.5) is 19.0 Å². The lowest BCUT2D eigenvalue weighted by atomic mass is 9.91. The molecule has 5 rings (SSSR count). The summed E-state index contributed by atoms with van der Waals surface area (Å²) in [5.74, 6) is 0.536. The molecular formula is C23H21F3N4OS. The number of imidazole rings is 1. The fourth-order valence-electron chi connectivity index (χ4n) is 4.21. The number of fused-ring (bicyclic) bond motifs is 2. The third-order valence-corrected chi connectivity index (χ3v) is 6.96. The number of amides is 1. The number of anilines is 1. The lowest BCUT2D eigenvalue weighted by Crippen LogP contribution is -2.40.